The van der Waals surface area contributed by atoms with Crippen LogP contribution in [-0.4, -0.2) is 24.7 Å². The van der Waals surface area contributed by atoms with Gasteiger partial charge in [-0.25, -0.2) is 8.78 Å². The van der Waals surface area contributed by atoms with Crippen molar-refractivity contribution in [1.29, 1.82) is 0 Å². The zero-order chi connectivity index (χ0) is 22.7. The number of halogens is 4. The normalized spacial score (nSPS) is 16.0. The van der Waals surface area contributed by atoms with Crippen LogP contribution in [-0.2, 0) is 4.79 Å². The van der Waals surface area contributed by atoms with Gasteiger partial charge in [-0.05, 0) is 49.0 Å². The third-order valence-electron chi connectivity index (χ3n) is 4.43. The van der Waals surface area contributed by atoms with Gasteiger partial charge in [0, 0.05) is 17.5 Å². The van der Waals surface area contributed by atoms with E-state index >= 15 is 0 Å². The first kappa shape index (κ1) is 22.3. The number of ether oxygens (including phenoxy) is 2. The molecule has 0 aromatic heterocycles. The smallest absolute Gasteiger partial charge is 0.387 e. The third kappa shape index (κ3) is 5.05. The zero-order valence-corrected chi connectivity index (χ0v) is 17.1. The van der Waals surface area contributed by atoms with Crippen molar-refractivity contribution in [1.82, 2.24) is 10.6 Å². The molecule has 3 rings (SSSR count). The number of amides is 1. The summed E-state index contributed by atoms with van der Waals surface area (Å²) in [5.74, 6) is -2.91. The van der Waals surface area contributed by atoms with E-state index in [2.05, 4.69) is 20.7 Å². The molecule has 1 amide bonds. The highest BCUT2D eigenvalue weighted by Crippen LogP contribution is 2.35. The van der Waals surface area contributed by atoms with Crippen molar-refractivity contribution in [3.05, 3.63) is 64.9 Å². The molecule has 1 aliphatic rings. The second-order valence-electron chi connectivity index (χ2n) is 6.44. The number of anilines is 1. The van der Waals surface area contributed by atoms with E-state index in [4.69, 9.17) is 17.0 Å². The molecule has 1 heterocycles. The molecule has 3 N–H and O–H groups in total. The summed E-state index contributed by atoms with van der Waals surface area (Å²) in [7, 11) is 1.29. The fraction of sp³-hybridized carbons (Fsp3) is 0.200. The molecule has 2 aromatic carbocycles. The van der Waals surface area contributed by atoms with Crippen molar-refractivity contribution in [3.63, 3.8) is 0 Å². The van der Waals surface area contributed by atoms with Crippen LogP contribution in [0.2, 0.25) is 0 Å². The lowest BCUT2D eigenvalue weighted by atomic mass is 9.94. The Bertz CT molecular complexity index is 1060. The zero-order valence-electron chi connectivity index (χ0n) is 16.3. The van der Waals surface area contributed by atoms with E-state index < -0.39 is 30.2 Å². The van der Waals surface area contributed by atoms with Crippen molar-refractivity contribution in [3.8, 4) is 11.5 Å². The summed E-state index contributed by atoms with van der Waals surface area (Å²) < 4.78 is 61.4. The molecule has 0 saturated heterocycles. The van der Waals surface area contributed by atoms with Gasteiger partial charge in [-0.15, -0.1) is 0 Å². The Hall–Kier alpha value is -3.34. The molecule has 0 radical (unpaired) electrons. The topological polar surface area (TPSA) is 71.6 Å². The molecule has 0 aliphatic carbocycles. The minimum absolute atomic E-state index is 0.0297. The van der Waals surface area contributed by atoms with Gasteiger partial charge < -0.3 is 25.4 Å². The lowest BCUT2D eigenvalue weighted by Crippen LogP contribution is -2.45. The van der Waals surface area contributed by atoms with E-state index in [0.29, 0.717) is 11.3 Å². The average molecular weight is 455 g/mol. The Morgan fingerprint density at radius 1 is 1.13 bits per heavy atom. The van der Waals surface area contributed by atoms with Crippen LogP contribution in [0.15, 0.2) is 47.7 Å². The number of nitrogens with one attached hydrogen (secondary N) is 3. The average Bonchev–Trinajstić information content (AvgIpc) is 2.70. The van der Waals surface area contributed by atoms with Crippen LogP contribution in [0.4, 0.5) is 23.2 Å². The maximum atomic E-state index is 13.5. The van der Waals surface area contributed by atoms with Crippen LogP contribution in [0.1, 0.15) is 18.5 Å². The number of methoxy groups -OCH3 is 1. The Balaban J connectivity index is 1.96. The second kappa shape index (κ2) is 9.21. The van der Waals surface area contributed by atoms with Gasteiger partial charge in [0.1, 0.15) is 0 Å². The fourth-order valence-electron chi connectivity index (χ4n) is 3.07. The lowest BCUT2D eigenvalue weighted by molar-refractivity contribution is -0.113. The molecular weight excluding hydrogens is 438 g/mol. The fourth-order valence-corrected chi connectivity index (χ4v) is 3.35. The van der Waals surface area contributed by atoms with E-state index in [1.165, 1.54) is 31.4 Å². The Morgan fingerprint density at radius 3 is 2.52 bits per heavy atom. The predicted molar refractivity (Wildman–Crippen MR) is 109 cm³/mol. The van der Waals surface area contributed by atoms with E-state index in [-0.39, 0.29) is 27.9 Å². The molecule has 11 heteroatoms. The van der Waals surface area contributed by atoms with Crippen LogP contribution in [0, 0.1) is 11.6 Å². The van der Waals surface area contributed by atoms with E-state index in [1.807, 2.05) is 0 Å². The van der Waals surface area contributed by atoms with E-state index in [1.54, 1.807) is 6.92 Å². The molecule has 2 aromatic rings. The Kier molecular flexibility index (Phi) is 6.64. The quantitative estimate of drug-likeness (QED) is 0.452. The molecule has 0 spiro atoms. The van der Waals surface area contributed by atoms with Crippen molar-refractivity contribution in [2.45, 2.75) is 19.6 Å². The summed E-state index contributed by atoms with van der Waals surface area (Å²) >= 11 is 5.17. The van der Waals surface area contributed by atoms with Crippen molar-refractivity contribution >= 4 is 28.9 Å². The van der Waals surface area contributed by atoms with Crippen LogP contribution >= 0.6 is 12.2 Å². The number of hydrogen-bond acceptors (Lipinski definition) is 4. The Morgan fingerprint density at radius 2 is 1.87 bits per heavy atom. The number of thiocarbonyl (C=S) groups is 1. The van der Waals surface area contributed by atoms with Crippen molar-refractivity contribution < 1.29 is 31.8 Å². The van der Waals surface area contributed by atoms with Gasteiger partial charge in [-0.2, -0.15) is 8.78 Å². The number of allylic oxidation sites excluding steroid dienone is 1. The molecule has 1 aliphatic heterocycles. The number of hydrogen-bond donors (Lipinski definition) is 3. The molecule has 31 heavy (non-hydrogen) atoms. The van der Waals surface area contributed by atoms with Gasteiger partial charge in [0.15, 0.2) is 28.2 Å². The summed E-state index contributed by atoms with van der Waals surface area (Å²) in [6.07, 6.45) is 0. The minimum atomic E-state index is -3.04. The Labute approximate surface area is 180 Å². The van der Waals surface area contributed by atoms with E-state index in [0.717, 1.165) is 12.1 Å². The van der Waals surface area contributed by atoms with Gasteiger partial charge in [0.25, 0.3) is 5.91 Å². The number of alkyl halides is 2. The standard InChI is InChI=1S/C20H17F4N3O3S/c1-9-16(18(28)26-11-4-5-12(21)13(22)8-11)17(27-20(31)25-9)10-3-6-14(30-19(23)24)15(7-10)29-2/h3-8,17,19H,1-2H3,(H,26,28)(H2,25,27,31). The monoisotopic (exact) mass is 455 g/mol. The molecule has 1 atom stereocenters. The predicted octanol–water partition coefficient (Wildman–Crippen LogP) is 4.01. The number of rotatable bonds is 6. The molecule has 0 bridgehead atoms. The van der Waals surface area contributed by atoms with Gasteiger partial charge in [0.05, 0.1) is 18.7 Å². The maximum absolute atomic E-state index is 13.5. The number of carbonyl (C=O) groups is 1. The maximum Gasteiger partial charge on any atom is 0.387 e. The van der Waals surface area contributed by atoms with Crippen LogP contribution in [0.3, 0.4) is 0 Å². The summed E-state index contributed by atoms with van der Waals surface area (Å²) in [6.45, 7) is -1.42. The highest BCUT2D eigenvalue weighted by molar-refractivity contribution is 7.80. The molecule has 164 valence electrons. The van der Waals surface area contributed by atoms with Gasteiger partial charge in [0.2, 0.25) is 0 Å². The largest absolute Gasteiger partial charge is 0.493 e. The third-order valence-corrected chi connectivity index (χ3v) is 4.65. The van der Waals surface area contributed by atoms with Crippen molar-refractivity contribution in [2.75, 3.05) is 12.4 Å². The van der Waals surface area contributed by atoms with Gasteiger partial charge in [-0.3, -0.25) is 4.79 Å². The first-order valence-corrected chi connectivity index (χ1v) is 9.28. The minimum Gasteiger partial charge on any atom is -0.493 e. The van der Waals surface area contributed by atoms with Gasteiger partial charge >= 0.3 is 6.61 Å². The summed E-state index contributed by atoms with van der Waals surface area (Å²) in [4.78, 5) is 13.0. The SMILES string of the molecule is COc1cc(C2NC(=S)NC(C)=C2C(=O)Nc2ccc(F)c(F)c2)ccc1OC(F)F. The van der Waals surface area contributed by atoms with Crippen molar-refractivity contribution in [2.24, 2.45) is 0 Å². The molecule has 0 saturated carbocycles. The summed E-state index contributed by atoms with van der Waals surface area (Å²) in [6, 6.07) is 6.37. The van der Waals surface area contributed by atoms with Gasteiger partial charge in [-0.1, -0.05) is 6.07 Å². The molecule has 1 unspecified atom stereocenters. The molecular formula is C20H17F4N3O3S. The molecule has 6 nitrogen and oxygen atoms in total. The van der Waals surface area contributed by atoms with Crippen LogP contribution < -0.4 is 25.4 Å². The first-order chi connectivity index (χ1) is 14.7. The second-order valence-corrected chi connectivity index (χ2v) is 6.85. The number of carbonyl (C=O) groups excluding carboxylic acids is 1. The summed E-state index contributed by atoms with van der Waals surface area (Å²) in [5, 5.41) is 8.51. The highest BCUT2D eigenvalue weighted by Gasteiger charge is 2.31. The van der Waals surface area contributed by atoms with Crippen LogP contribution in [0.25, 0.3) is 0 Å². The molecule has 0 fully saturated rings. The summed E-state index contributed by atoms with van der Waals surface area (Å²) in [5.41, 5.74) is 1.13. The van der Waals surface area contributed by atoms with E-state index in [9.17, 15) is 22.4 Å². The van der Waals surface area contributed by atoms with Crippen LogP contribution in [0.5, 0.6) is 11.5 Å². The highest BCUT2D eigenvalue weighted by atomic mass is 32.1. The number of benzene rings is 2. The lowest BCUT2D eigenvalue weighted by Gasteiger charge is -2.30. The first-order valence-electron chi connectivity index (χ1n) is 8.87.